The van der Waals surface area contributed by atoms with Crippen molar-refractivity contribution in [2.75, 3.05) is 6.54 Å². The van der Waals surface area contributed by atoms with E-state index in [9.17, 15) is 4.79 Å². The van der Waals surface area contributed by atoms with Crippen LogP contribution in [-0.2, 0) is 9.53 Å². The van der Waals surface area contributed by atoms with Crippen LogP contribution in [0.3, 0.4) is 0 Å². The van der Waals surface area contributed by atoms with Crippen LogP contribution in [-0.4, -0.2) is 40.6 Å². The van der Waals surface area contributed by atoms with Gasteiger partial charge in [-0.2, -0.15) is 0 Å². The second kappa shape index (κ2) is 3.50. The van der Waals surface area contributed by atoms with Gasteiger partial charge >= 0.3 is 5.97 Å². The Bertz CT molecular complexity index is 413. The van der Waals surface area contributed by atoms with Crippen molar-refractivity contribution in [1.29, 1.82) is 0 Å². The maximum absolute atomic E-state index is 12.3. The van der Waals surface area contributed by atoms with Gasteiger partial charge in [0.25, 0.3) is 0 Å². The predicted molar refractivity (Wildman–Crippen MR) is 69.0 cm³/mol. The molecule has 4 nitrogen and oxygen atoms in total. The van der Waals surface area contributed by atoms with E-state index in [4.69, 9.17) is 4.74 Å². The molecule has 3 rings (SSSR count). The molecule has 3 atom stereocenters. The molecule has 3 aliphatic rings. The van der Waals surface area contributed by atoms with Crippen LogP contribution >= 0.6 is 0 Å². The number of piperidine rings is 1. The first kappa shape index (κ1) is 12.0. The first-order chi connectivity index (χ1) is 8.32. The monoisotopic (exact) mass is 250 g/mol. The minimum absolute atomic E-state index is 0.0324. The van der Waals surface area contributed by atoms with Crippen LogP contribution in [0, 0.1) is 0 Å². The van der Waals surface area contributed by atoms with Gasteiger partial charge in [-0.15, -0.1) is 0 Å². The van der Waals surface area contributed by atoms with Gasteiger partial charge in [-0.25, -0.2) is 0 Å². The van der Waals surface area contributed by atoms with Gasteiger partial charge < -0.3 is 10.1 Å². The van der Waals surface area contributed by atoms with Crippen LogP contribution in [0.25, 0.3) is 0 Å². The summed E-state index contributed by atoms with van der Waals surface area (Å²) in [4.78, 5) is 14.7. The first-order valence-electron chi connectivity index (χ1n) is 6.75. The molecule has 0 spiro atoms. The Morgan fingerprint density at radius 3 is 2.78 bits per heavy atom. The van der Waals surface area contributed by atoms with E-state index in [0.717, 1.165) is 31.5 Å². The van der Waals surface area contributed by atoms with Crippen LogP contribution in [0.1, 0.15) is 40.0 Å². The van der Waals surface area contributed by atoms with Gasteiger partial charge in [-0.1, -0.05) is 6.58 Å². The normalized spacial score (nSPS) is 38.7. The Morgan fingerprint density at radius 1 is 1.44 bits per heavy atom. The molecular formula is C14H22N2O2. The number of hydrogen-bond acceptors (Lipinski definition) is 4. The molecule has 0 aliphatic carbocycles. The highest BCUT2D eigenvalue weighted by Gasteiger charge is 2.68. The third-order valence-electron chi connectivity index (χ3n) is 4.28. The quantitative estimate of drug-likeness (QED) is 0.715. The second-order valence-corrected chi connectivity index (χ2v) is 6.85. The zero-order chi connectivity index (χ0) is 13.1. The highest BCUT2D eigenvalue weighted by atomic mass is 16.6. The van der Waals surface area contributed by atoms with Crippen molar-refractivity contribution in [3.8, 4) is 0 Å². The smallest absolute Gasteiger partial charge is 0.327 e. The lowest BCUT2D eigenvalue weighted by Gasteiger charge is -2.67. The Morgan fingerprint density at radius 2 is 2.11 bits per heavy atom. The SMILES string of the molecule is C=C1CC2CC3(C(=O)OC(C)(C)C)CC(CN1)N23. The van der Waals surface area contributed by atoms with Crippen LogP contribution < -0.4 is 5.32 Å². The fourth-order valence-electron chi connectivity index (χ4n) is 3.65. The van der Waals surface area contributed by atoms with E-state index >= 15 is 0 Å². The zero-order valence-electron chi connectivity index (χ0n) is 11.5. The van der Waals surface area contributed by atoms with E-state index in [0.29, 0.717) is 12.1 Å². The lowest BCUT2D eigenvalue weighted by molar-refractivity contribution is -0.226. The van der Waals surface area contributed by atoms with Crippen LogP contribution in [0.2, 0.25) is 0 Å². The topological polar surface area (TPSA) is 41.6 Å². The summed E-state index contributed by atoms with van der Waals surface area (Å²) in [5.41, 5.74) is 0.400. The van der Waals surface area contributed by atoms with E-state index < -0.39 is 5.60 Å². The molecule has 3 saturated heterocycles. The molecule has 0 saturated carbocycles. The van der Waals surface area contributed by atoms with Gasteiger partial charge in [0.2, 0.25) is 0 Å². The molecule has 0 aromatic carbocycles. The Balaban J connectivity index is 1.73. The highest BCUT2D eigenvalue weighted by Crippen LogP contribution is 2.54. The van der Waals surface area contributed by atoms with Crippen molar-refractivity contribution >= 4 is 5.97 Å². The molecule has 1 N–H and O–H groups in total. The van der Waals surface area contributed by atoms with Gasteiger partial charge in [0.05, 0.1) is 0 Å². The number of nitrogens with one attached hydrogen (secondary N) is 1. The largest absolute Gasteiger partial charge is 0.459 e. The zero-order valence-corrected chi connectivity index (χ0v) is 11.5. The Hall–Kier alpha value is -1.03. The lowest BCUT2D eigenvalue weighted by Crippen LogP contribution is -2.82. The minimum atomic E-state index is -0.393. The number of rotatable bonds is 1. The van der Waals surface area contributed by atoms with E-state index in [1.165, 1.54) is 0 Å². The van der Waals surface area contributed by atoms with Gasteiger partial charge in [-0.3, -0.25) is 9.69 Å². The molecule has 3 aliphatic heterocycles. The molecule has 0 aromatic heterocycles. The van der Waals surface area contributed by atoms with E-state index in [1.54, 1.807) is 0 Å². The van der Waals surface area contributed by atoms with E-state index in [2.05, 4.69) is 16.8 Å². The van der Waals surface area contributed by atoms with E-state index in [-0.39, 0.29) is 11.5 Å². The molecule has 3 fully saturated rings. The fraction of sp³-hybridized carbons (Fsp3) is 0.786. The molecule has 0 radical (unpaired) electrons. The molecule has 0 amide bonds. The summed E-state index contributed by atoms with van der Waals surface area (Å²) in [6, 6.07) is 0.967. The maximum atomic E-state index is 12.3. The summed E-state index contributed by atoms with van der Waals surface area (Å²) in [5.74, 6) is -0.0324. The van der Waals surface area contributed by atoms with Gasteiger partial charge in [0.1, 0.15) is 11.1 Å². The standard InChI is InChI=1S/C14H22N2O2/c1-9-5-10-6-14(12(17)18-13(2,3)4)7-11(8-15-9)16(10)14/h10-11,15H,1,5-8H2,2-4H3. The minimum Gasteiger partial charge on any atom is -0.459 e. The number of carbonyl (C=O) groups excluding carboxylic acids is 1. The molecule has 0 aromatic rings. The van der Waals surface area contributed by atoms with Crippen LogP contribution in [0.15, 0.2) is 12.3 Å². The van der Waals surface area contributed by atoms with Gasteiger partial charge in [-0.05, 0) is 33.6 Å². The molecule has 0 bridgehead atoms. The van der Waals surface area contributed by atoms with Crippen molar-refractivity contribution in [1.82, 2.24) is 10.2 Å². The summed E-state index contributed by atoms with van der Waals surface area (Å²) in [7, 11) is 0. The van der Waals surface area contributed by atoms with Crippen LogP contribution in [0.5, 0.6) is 0 Å². The number of ether oxygens (including phenoxy) is 1. The van der Waals surface area contributed by atoms with Gasteiger partial charge in [0, 0.05) is 30.7 Å². The summed E-state index contributed by atoms with van der Waals surface area (Å²) in [6.07, 6.45) is 2.82. The Labute approximate surface area is 108 Å². The maximum Gasteiger partial charge on any atom is 0.327 e. The number of carbonyl (C=O) groups is 1. The van der Waals surface area contributed by atoms with Crippen molar-refractivity contribution in [2.24, 2.45) is 0 Å². The van der Waals surface area contributed by atoms with E-state index in [1.807, 2.05) is 20.8 Å². The highest BCUT2D eigenvalue weighted by molar-refractivity contribution is 5.84. The van der Waals surface area contributed by atoms with Crippen molar-refractivity contribution < 1.29 is 9.53 Å². The predicted octanol–water partition coefficient (Wildman–Crippen LogP) is 1.42. The lowest BCUT2D eigenvalue weighted by atomic mass is 9.64. The average Bonchev–Trinajstić information content (AvgIpc) is 2.25. The fourth-order valence-corrected chi connectivity index (χ4v) is 3.65. The summed E-state index contributed by atoms with van der Waals surface area (Å²) in [5, 5.41) is 3.35. The van der Waals surface area contributed by atoms with Crippen molar-refractivity contribution in [3.63, 3.8) is 0 Å². The third kappa shape index (κ3) is 1.58. The summed E-state index contributed by atoms with van der Waals surface area (Å²) < 4.78 is 5.58. The summed E-state index contributed by atoms with van der Waals surface area (Å²) in [6.45, 7) is 10.7. The molecule has 4 heteroatoms. The van der Waals surface area contributed by atoms with Crippen molar-refractivity contribution in [3.05, 3.63) is 12.3 Å². The number of esters is 1. The molecule has 3 unspecified atom stereocenters. The second-order valence-electron chi connectivity index (χ2n) is 6.85. The van der Waals surface area contributed by atoms with Crippen LogP contribution in [0.4, 0.5) is 0 Å². The molecule has 100 valence electrons. The van der Waals surface area contributed by atoms with Crippen molar-refractivity contribution in [2.45, 2.75) is 63.3 Å². The molecule has 3 heterocycles. The average molecular weight is 250 g/mol. The number of nitrogens with zero attached hydrogens (tertiary/aromatic N) is 1. The molecule has 18 heavy (non-hydrogen) atoms. The third-order valence-corrected chi connectivity index (χ3v) is 4.28. The Kier molecular flexibility index (Phi) is 2.34. The number of hydrogen-bond donors (Lipinski definition) is 1. The first-order valence-corrected chi connectivity index (χ1v) is 6.75. The molecular weight excluding hydrogens is 228 g/mol. The van der Waals surface area contributed by atoms with Gasteiger partial charge in [0.15, 0.2) is 0 Å². The summed E-state index contributed by atoms with van der Waals surface area (Å²) >= 11 is 0.